The van der Waals surface area contributed by atoms with Gasteiger partial charge in [-0.15, -0.1) is 11.6 Å². The van der Waals surface area contributed by atoms with Crippen molar-refractivity contribution < 1.29 is 13.6 Å². The number of carbonyl (C=O) groups is 1. The van der Waals surface area contributed by atoms with Gasteiger partial charge in [-0.2, -0.15) is 0 Å². The number of rotatable bonds is 3. The molecule has 0 aliphatic heterocycles. The van der Waals surface area contributed by atoms with E-state index < -0.39 is 16.7 Å². The molecule has 0 bridgehead atoms. The monoisotopic (exact) mass is 317 g/mol. The molecule has 0 amide bonds. The van der Waals surface area contributed by atoms with Gasteiger partial charge in [0.05, 0.1) is 11.6 Å². The van der Waals surface area contributed by atoms with E-state index in [4.69, 9.17) is 23.2 Å². The highest BCUT2D eigenvalue weighted by Gasteiger charge is 2.18. The van der Waals surface area contributed by atoms with Gasteiger partial charge in [-0.25, -0.2) is 8.78 Å². The summed E-state index contributed by atoms with van der Waals surface area (Å²) in [5, 5.41) is -0.548. The number of benzene rings is 1. The Balaban J connectivity index is 2.65. The topological polar surface area (TPSA) is 22.0 Å². The number of alkyl halides is 1. The first-order valence-electron chi connectivity index (χ1n) is 5.79. The van der Waals surface area contributed by atoms with Gasteiger partial charge in [0, 0.05) is 17.0 Å². The minimum Gasteiger partial charge on any atom is -0.318 e. The van der Waals surface area contributed by atoms with Crippen LogP contribution in [0, 0.1) is 25.5 Å². The standard InChI is InChI=1S/C14H11Cl2F2NO/c1-7-3-10(13(20)6-15)8(2)19(7)9-4-11(17)14(16)12(18)5-9/h3-5H,6H2,1-2H3. The van der Waals surface area contributed by atoms with Crippen molar-refractivity contribution in [1.29, 1.82) is 0 Å². The molecule has 2 nitrogen and oxygen atoms in total. The van der Waals surface area contributed by atoms with Crippen LogP contribution in [0.25, 0.3) is 5.69 Å². The normalized spacial score (nSPS) is 10.9. The average molecular weight is 318 g/mol. The molecule has 0 spiro atoms. The van der Waals surface area contributed by atoms with Gasteiger partial charge in [-0.3, -0.25) is 4.79 Å². The summed E-state index contributed by atoms with van der Waals surface area (Å²) in [5.74, 6) is -2.08. The summed E-state index contributed by atoms with van der Waals surface area (Å²) in [6.07, 6.45) is 0. The molecule has 0 radical (unpaired) electrons. The Bertz CT molecular complexity index is 672. The third-order valence-corrected chi connectivity index (χ3v) is 3.68. The minimum atomic E-state index is -0.848. The van der Waals surface area contributed by atoms with Crippen molar-refractivity contribution in [3.63, 3.8) is 0 Å². The molecule has 6 heteroatoms. The van der Waals surface area contributed by atoms with E-state index in [9.17, 15) is 13.6 Å². The van der Waals surface area contributed by atoms with Crippen LogP contribution in [0.15, 0.2) is 18.2 Å². The van der Waals surface area contributed by atoms with E-state index in [0.717, 1.165) is 12.1 Å². The first kappa shape index (κ1) is 15.0. The van der Waals surface area contributed by atoms with Gasteiger partial charge in [0.25, 0.3) is 0 Å². The van der Waals surface area contributed by atoms with Crippen molar-refractivity contribution in [1.82, 2.24) is 4.57 Å². The van der Waals surface area contributed by atoms with Gasteiger partial charge in [0.2, 0.25) is 0 Å². The zero-order chi connectivity index (χ0) is 15.0. The maximum absolute atomic E-state index is 13.5. The zero-order valence-corrected chi connectivity index (χ0v) is 12.3. The number of aromatic nitrogens is 1. The van der Waals surface area contributed by atoms with E-state index in [0.29, 0.717) is 17.0 Å². The lowest BCUT2D eigenvalue weighted by Crippen LogP contribution is -2.05. The first-order valence-corrected chi connectivity index (χ1v) is 6.71. The molecule has 0 fully saturated rings. The van der Waals surface area contributed by atoms with Crippen LogP contribution >= 0.6 is 23.2 Å². The van der Waals surface area contributed by atoms with Crippen LogP contribution in [0.5, 0.6) is 0 Å². The molecule has 0 atom stereocenters. The second-order valence-electron chi connectivity index (χ2n) is 4.40. The smallest absolute Gasteiger partial charge is 0.179 e. The Morgan fingerprint density at radius 2 is 1.75 bits per heavy atom. The Morgan fingerprint density at radius 1 is 1.20 bits per heavy atom. The summed E-state index contributed by atoms with van der Waals surface area (Å²) >= 11 is 11.0. The lowest BCUT2D eigenvalue weighted by Gasteiger charge is -2.11. The Hall–Kier alpha value is -1.39. The van der Waals surface area contributed by atoms with Gasteiger partial charge >= 0.3 is 0 Å². The summed E-state index contributed by atoms with van der Waals surface area (Å²) in [6.45, 7) is 3.43. The number of hydrogen-bond acceptors (Lipinski definition) is 1. The van der Waals surface area contributed by atoms with Crippen LogP contribution in [0.4, 0.5) is 8.78 Å². The molecule has 0 saturated carbocycles. The van der Waals surface area contributed by atoms with Gasteiger partial charge in [-0.05, 0) is 32.0 Å². The second kappa shape index (κ2) is 5.54. The van der Waals surface area contributed by atoms with Crippen LogP contribution in [0.3, 0.4) is 0 Å². The van der Waals surface area contributed by atoms with Crippen molar-refractivity contribution in [2.75, 3.05) is 5.88 Å². The van der Waals surface area contributed by atoms with Crippen molar-refractivity contribution in [2.24, 2.45) is 0 Å². The number of carbonyl (C=O) groups excluding carboxylic acids is 1. The molecule has 106 valence electrons. The number of ketones is 1. The highest BCUT2D eigenvalue weighted by Crippen LogP contribution is 2.26. The van der Waals surface area contributed by atoms with Gasteiger partial charge in [0.1, 0.15) is 16.7 Å². The molecule has 0 aliphatic rings. The van der Waals surface area contributed by atoms with Crippen LogP contribution in [0.2, 0.25) is 5.02 Å². The molecule has 0 N–H and O–H groups in total. The number of nitrogens with zero attached hydrogens (tertiary/aromatic N) is 1. The van der Waals surface area contributed by atoms with Crippen molar-refractivity contribution in [2.45, 2.75) is 13.8 Å². The molecule has 20 heavy (non-hydrogen) atoms. The van der Waals surface area contributed by atoms with E-state index in [-0.39, 0.29) is 17.4 Å². The first-order chi connectivity index (χ1) is 9.36. The van der Waals surface area contributed by atoms with Crippen molar-refractivity contribution in [3.8, 4) is 5.69 Å². The predicted molar refractivity (Wildman–Crippen MR) is 75.2 cm³/mol. The van der Waals surface area contributed by atoms with Crippen molar-refractivity contribution in [3.05, 3.63) is 51.8 Å². The summed E-state index contributed by atoms with van der Waals surface area (Å²) in [7, 11) is 0. The number of aryl methyl sites for hydroxylation is 1. The molecular weight excluding hydrogens is 307 g/mol. The lowest BCUT2D eigenvalue weighted by molar-refractivity contribution is 0.102. The number of halogens is 4. The van der Waals surface area contributed by atoms with Gasteiger partial charge in [0.15, 0.2) is 5.78 Å². The third kappa shape index (κ3) is 2.45. The molecule has 2 rings (SSSR count). The SMILES string of the molecule is Cc1cc(C(=O)CCl)c(C)n1-c1cc(F)c(Cl)c(F)c1. The maximum Gasteiger partial charge on any atom is 0.179 e. The van der Waals surface area contributed by atoms with Crippen LogP contribution in [0.1, 0.15) is 21.7 Å². The fourth-order valence-electron chi connectivity index (χ4n) is 2.19. The van der Waals surface area contributed by atoms with E-state index in [1.54, 1.807) is 24.5 Å². The number of Topliss-reactive ketones (excluding diaryl/α,β-unsaturated/α-hetero) is 1. The average Bonchev–Trinajstić information content (AvgIpc) is 2.70. The fraction of sp³-hybridized carbons (Fsp3) is 0.214. The minimum absolute atomic E-state index is 0.145. The molecule has 2 aromatic rings. The van der Waals surface area contributed by atoms with E-state index >= 15 is 0 Å². The molecule has 0 saturated heterocycles. The lowest BCUT2D eigenvalue weighted by atomic mass is 10.2. The summed E-state index contributed by atoms with van der Waals surface area (Å²) in [4.78, 5) is 11.7. The Kier molecular flexibility index (Phi) is 4.16. The quantitative estimate of drug-likeness (QED) is 0.466. The van der Waals surface area contributed by atoms with Crippen molar-refractivity contribution >= 4 is 29.0 Å². The Labute approximate surface area is 124 Å². The summed E-state index contributed by atoms with van der Waals surface area (Å²) in [6, 6.07) is 3.89. The fourth-order valence-corrected chi connectivity index (χ4v) is 2.44. The van der Waals surface area contributed by atoms with Gasteiger partial charge in [-0.1, -0.05) is 11.6 Å². The van der Waals surface area contributed by atoms with Gasteiger partial charge < -0.3 is 4.57 Å². The van der Waals surface area contributed by atoms with E-state index in [2.05, 4.69) is 0 Å². The van der Waals surface area contributed by atoms with Crippen LogP contribution in [-0.4, -0.2) is 16.2 Å². The molecule has 0 unspecified atom stereocenters. The summed E-state index contributed by atoms with van der Waals surface area (Å²) in [5.41, 5.74) is 1.97. The molecule has 1 aromatic heterocycles. The highest BCUT2D eigenvalue weighted by atomic mass is 35.5. The molecular formula is C14H11Cl2F2NO. The van der Waals surface area contributed by atoms with E-state index in [1.807, 2.05) is 0 Å². The van der Waals surface area contributed by atoms with E-state index in [1.165, 1.54) is 0 Å². The zero-order valence-electron chi connectivity index (χ0n) is 10.8. The predicted octanol–water partition coefficient (Wildman–Crippen LogP) is 4.45. The van der Waals surface area contributed by atoms with Crippen LogP contribution in [-0.2, 0) is 0 Å². The largest absolute Gasteiger partial charge is 0.318 e. The number of hydrogen-bond donors (Lipinski definition) is 0. The Morgan fingerprint density at radius 3 is 2.25 bits per heavy atom. The molecule has 1 aromatic carbocycles. The third-order valence-electron chi connectivity index (χ3n) is 3.08. The highest BCUT2D eigenvalue weighted by molar-refractivity contribution is 6.31. The molecule has 1 heterocycles. The maximum atomic E-state index is 13.5. The molecule has 0 aliphatic carbocycles. The second-order valence-corrected chi connectivity index (χ2v) is 5.05. The summed E-state index contributed by atoms with van der Waals surface area (Å²) < 4.78 is 28.7. The van der Waals surface area contributed by atoms with Crippen LogP contribution < -0.4 is 0 Å².